The molecule has 3 saturated carbocycles. The molecule has 4 aliphatic carbocycles. The largest absolute Gasteiger partial charge is 0.458 e. The predicted octanol–water partition coefficient (Wildman–Crippen LogP) is 3.36. The van der Waals surface area contributed by atoms with E-state index in [1.54, 1.807) is 19.9 Å². The van der Waals surface area contributed by atoms with Crippen LogP contribution in [0.1, 0.15) is 53.9 Å². The number of Topliss-reactive ketones (excluding diaryl/α,β-unsaturated/α-hetero) is 1. The van der Waals surface area contributed by atoms with Crippen molar-refractivity contribution in [3.8, 4) is 0 Å². The Kier molecular flexibility index (Phi) is 5.45. The number of aliphatic hydroxyl groups is 1. The molecule has 0 bridgehead atoms. The van der Waals surface area contributed by atoms with Gasteiger partial charge in [-0.15, -0.1) is 0 Å². The minimum atomic E-state index is -1.45. The Labute approximate surface area is 212 Å². The molecule has 1 saturated heterocycles. The van der Waals surface area contributed by atoms with Crippen LogP contribution in [0, 0.1) is 22.7 Å². The number of ether oxygens (including phenoxy) is 3. The first-order chi connectivity index (χ1) is 16.1. The van der Waals surface area contributed by atoms with Gasteiger partial charge in [-0.2, -0.15) is 0 Å². The molecule has 0 aromatic carbocycles. The highest BCUT2D eigenvalue weighted by Crippen LogP contribution is 2.73. The summed E-state index contributed by atoms with van der Waals surface area (Å²) in [6.45, 7) is 8.00. The van der Waals surface area contributed by atoms with E-state index in [0.29, 0.717) is 12.0 Å². The Morgan fingerprint density at radius 2 is 1.91 bits per heavy atom. The van der Waals surface area contributed by atoms with Gasteiger partial charge >= 0.3 is 5.97 Å². The van der Waals surface area contributed by atoms with Gasteiger partial charge in [0.1, 0.15) is 6.17 Å². The third-order valence-corrected chi connectivity index (χ3v) is 11.4. The molecule has 5 aliphatic rings. The van der Waals surface area contributed by atoms with Crippen LogP contribution in [-0.2, 0) is 28.6 Å². The number of aliphatic hydroxyl groups excluding tert-OH is 1. The smallest absolute Gasteiger partial charge is 0.303 e. The number of rotatable bonds is 3. The molecule has 1 heterocycles. The standard InChI is InChI=1S/C26H32BrFO7/c1-13(29)33-12-20(32)26-21(34-22(2,3)35-26)10-15-16-9-18(28)17-8-14(30)6-7-23(17,4)25(16,27)19(31)11-24(15,26)5/h6-8,15-16,18-19,21,31H,9-12H2,1-5H3/t15?,16?,18-,19-,21+,23-,24-,25-,26+/m0/s1. The van der Waals surface area contributed by atoms with E-state index in [-0.39, 0.29) is 30.5 Å². The molecule has 9 heteroatoms. The second-order valence-corrected chi connectivity index (χ2v) is 13.0. The molecule has 0 amide bonds. The van der Waals surface area contributed by atoms with Crippen LogP contribution in [0.3, 0.4) is 0 Å². The number of hydrogen-bond acceptors (Lipinski definition) is 7. The topological polar surface area (TPSA) is 99.1 Å². The fourth-order valence-corrected chi connectivity index (χ4v) is 9.11. The molecular weight excluding hydrogens is 523 g/mol. The zero-order chi connectivity index (χ0) is 25.8. The molecule has 9 atom stereocenters. The summed E-state index contributed by atoms with van der Waals surface area (Å²) in [7, 11) is 0. The van der Waals surface area contributed by atoms with Gasteiger partial charge in [0.15, 0.2) is 23.8 Å². The van der Waals surface area contributed by atoms with Crippen molar-refractivity contribution in [2.24, 2.45) is 22.7 Å². The van der Waals surface area contributed by atoms with E-state index in [1.165, 1.54) is 19.1 Å². The van der Waals surface area contributed by atoms with Crippen LogP contribution in [0.5, 0.6) is 0 Å². The Morgan fingerprint density at radius 3 is 2.57 bits per heavy atom. The Hall–Kier alpha value is -1.42. The number of allylic oxidation sites excluding steroid dienone is 4. The number of ketones is 2. The summed E-state index contributed by atoms with van der Waals surface area (Å²) < 4.78 is 32.5. The number of halogens is 2. The maximum Gasteiger partial charge on any atom is 0.303 e. The highest BCUT2D eigenvalue weighted by atomic mass is 79.9. The summed E-state index contributed by atoms with van der Waals surface area (Å²) in [5.41, 5.74) is -2.92. The first-order valence-corrected chi connectivity index (χ1v) is 12.9. The number of carbonyl (C=O) groups is 3. The van der Waals surface area contributed by atoms with Gasteiger partial charge in [-0.05, 0) is 62.7 Å². The lowest BCUT2D eigenvalue weighted by Gasteiger charge is -2.64. The van der Waals surface area contributed by atoms with Crippen LogP contribution in [0.2, 0.25) is 0 Å². The number of hydrogen-bond donors (Lipinski definition) is 1. The number of fused-ring (bicyclic) bond motifs is 7. The maximum absolute atomic E-state index is 15.7. The van der Waals surface area contributed by atoms with E-state index in [1.807, 2.05) is 13.8 Å². The quantitative estimate of drug-likeness (QED) is 0.421. The molecule has 0 aromatic rings. The maximum atomic E-state index is 15.7. The molecule has 1 aliphatic heterocycles. The molecule has 35 heavy (non-hydrogen) atoms. The van der Waals surface area contributed by atoms with Crippen molar-refractivity contribution < 1.29 is 38.1 Å². The molecule has 192 valence electrons. The highest BCUT2D eigenvalue weighted by Gasteiger charge is 2.79. The average Bonchev–Trinajstić information content (AvgIpc) is 3.16. The molecule has 7 nitrogen and oxygen atoms in total. The third-order valence-electron chi connectivity index (χ3n) is 9.44. The SMILES string of the molecule is CC(=O)OCC(=O)[C@@]12OC(C)(C)O[C@@H]1CC1C3C[C@H](F)C4=CC(=O)C=C[C@]4(C)[C@@]3(Br)[C@@H](O)C[C@@]12C. The highest BCUT2D eigenvalue weighted by molar-refractivity contribution is 9.10. The van der Waals surface area contributed by atoms with Crippen LogP contribution in [-0.4, -0.2) is 63.3 Å². The molecule has 4 fully saturated rings. The zero-order valence-electron chi connectivity index (χ0n) is 20.6. The number of esters is 1. The van der Waals surface area contributed by atoms with Gasteiger partial charge in [0.25, 0.3) is 0 Å². The van der Waals surface area contributed by atoms with Crippen molar-refractivity contribution in [2.75, 3.05) is 6.61 Å². The van der Waals surface area contributed by atoms with Gasteiger partial charge in [0, 0.05) is 17.8 Å². The number of alkyl halides is 2. The molecule has 5 rings (SSSR count). The monoisotopic (exact) mass is 554 g/mol. The fraction of sp³-hybridized carbons (Fsp3) is 0.731. The van der Waals surface area contributed by atoms with Crippen LogP contribution >= 0.6 is 15.9 Å². The van der Waals surface area contributed by atoms with E-state index in [4.69, 9.17) is 14.2 Å². The molecule has 2 unspecified atom stereocenters. The molecular formula is C26H32BrFO7. The molecule has 0 radical (unpaired) electrons. The van der Waals surface area contributed by atoms with Crippen LogP contribution < -0.4 is 0 Å². The summed E-state index contributed by atoms with van der Waals surface area (Å²) in [6, 6.07) is 0. The normalized spacial score (nSPS) is 49.4. The molecule has 0 aromatic heterocycles. The van der Waals surface area contributed by atoms with Gasteiger partial charge in [0.05, 0.1) is 16.5 Å². The van der Waals surface area contributed by atoms with Gasteiger partial charge < -0.3 is 19.3 Å². The van der Waals surface area contributed by atoms with Crippen molar-refractivity contribution in [1.82, 2.24) is 0 Å². The minimum absolute atomic E-state index is 0.0927. The summed E-state index contributed by atoms with van der Waals surface area (Å²) in [5, 5.41) is 11.8. The predicted molar refractivity (Wildman–Crippen MR) is 126 cm³/mol. The van der Waals surface area contributed by atoms with Gasteiger partial charge in [-0.25, -0.2) is 4.39 Å². The van der Waals surface area contributed by atoms with Crippen molar-refractivity contribution in [3.63, 3.8) is 0 Å². The number of carbonyl (C=O) groups excluding carboxylic acids is 3. The lowest BCUT2D eigenvalue weighted by Crippen LogP contribution is -2.70. The van der Waals surface area contributed by atoms with E-state index in [9.17, 15) is 19.5 Å². The third kappa shape index (κ3) is 3.07. The first-order valence-electron chi connectivity index (χ1n) is 12.1. The molecule has 0 spiro atoms. The van der Waals surface area contributed by atoms with Gasteiger partial charge in [-0.3, -0.25) is 14.4 Å². The summed E-state index contributed by atoms with van der Waals surface area (Å²) >= 11 is 3.89. The van der Waals surface area contributed by atoms with Crippen molar-refractivity contribution in [1.29, 1.82) is 0 Å². The van der Waals surface area contributed by atoms with E-state index < -0.39 is 63.3 Å². The van der Waals surface area contributed by atoms with Gasteiger partial charge in [0.2, 0.25) is 5.78 Å². The summed E-state index contributed by atoms with van der Waals surface area (Å²) in [4.78, 5) is 37.3. The molecule has 1 N–H and O–H groups in total. The van der Waals surface area contributed by atoms with Crippen molar-refractivity contribution in [2.45, 2.75) is 88.0 Å². The lowest BCUT2D eigenvalue weighted by molar-refractivity contribution is -0.223. The fourth-order valence-electron chi connectivity index (χ4n) is 8.08. The van der Waals surface area contributed by atoms with E-state index in [2.05, 4.69) is 15.9 Å². The summed E-state index contributed by atoms with van der Waals surface area (Å²) in [6.07, 6.45) is 2.21. The van der Waals surface area contributed by atoms with Gasteiger partial charge in [-0.1, -0.05) is 35.9 Å². The Morgan fingerprint density at radius 1 is 1.23 bits per heavy atom. The van der Waals surface area contributed by atoms with Crippen LogP contribution in [0.4, 0.5) is 4.39 Å². The van der Waals surface area contributed by atoms with Crippen molar-refractivity contribution in [3.05, 3.63) is 23.8 Å². The Bertz CT molecular complexity index is 1070. The minimum Gasteiger partial charge on any atom is -0.458 e. The average molecular weight is 555 g/mol. The van der Waals surface area contributed by atoms with Crippen LogP contribution in [0.15, 0.2) is 23.8 Å². The second-order valence-electron chi connectivity index (χ2n) is 11.6. The first kappa shape index (κ1) is 25.2. The Balaban J connectivity index is 1.62. The second kappa shape index (κ2) is 7.55. The van der Waals surface area contributed by atoms with Crippen molar-refractivity contribution >= 4 is 33.5 Å². The van der Waals surface area contributed by atoms with Crippen LogP contribution in [0.25, 0.3) is 0 Å². The zero-order valence-corrected chi connectivity index (χ0v) is 22.2. The van der Waals surface area contributed by atoms with E-state index in [0.717, 1.165) is 0 Å². The lowest BCUT2D eigenvalue weighted by atomic mass is 9.45. The summed E-state index contributed by atoms with van der Waals surface area (Å²) in [5.74, 6) is -2.93. The van der Waals surface area contributed by atoms with E-state index >= 15 is 4.39 Å².